The molecule has 0 fully saturated rings. The van der Waals surface area contributed by atoms with Crippen LogP contribution in [0.2, 0.25) is 0 Å². The fraction of sp³-hybridized carbons (Fsp3) is 0.357. The Balaban J connectivity index is 2.53. The lowest BCUT2D eigenvalue weighted by molar-refractivity contribution is -0.114. The smallest absolute Gasteiger partial charge is 0.156 e. The largest absolute Gasteiger partial charge is 0.295 e. The molecule has 0 aliphatic rings. The molecule has 1 rings (SSSR count). The van der Waals surface area contributed by atoms with Crippen LogP contribution >= 0.6 is 22.6 Å². The highest BCUT2D eigenvalue weighted by molar-refractivity contribution is 14.1. The van der Waals surface area contributed by atoms with Crippen LogP contribution in [0, 0.1) is 0 Å². The molecule has 0 amide bonds. The van der Waals surface area contributed by atoms with E-state index >= 15 is 0 Å². The van der Waals surface area contributed by atoms with Gasteiger partial charge in [0.1, 0.15) is 0 Å². The number of hydrogen-bond acceptors (Lipinski definition) is 1. The third-order valence-corrected chi connectivity index (χ3v) is 3.30. The van der Waals surface area contributed by atoms with Gasteiger partial charge in [-0.2, -0.15) is 0 Å². The maximum absolute atomic E-state index is 11.6. The average molecular weight is 328 g/mol. The zero-order valence-corrected chi connectivity index (χ0v) is 11.7. The minimum atomic E-state index is 0.238. The standard InChI is InChI=1S/C14H17IO/c1-2-3-5-10-13(16)11-14(15)12-8-6-4-7-9-12/h4,6-9,11H,2-3,5,10H2,1H3/b14-11-. The minimum Gasteiger partial charge on any atom is -0.295 e. The molecular weight excluding hydrogens is 311 g/mol. The number of halogens is 1. The molecule has 2 heteroatoms. The summed E-state index contributed by atoms with van der Waals surface area (Å²) in [5, 5.41) is 0. The van der Waals surface area contributed by atoms with Crippen LogP contribution in [0.15, 0.2) is 36.4 Å². The summed E-state index contributed by atoms with van der Waals surface area (Å²) in [7, 11) is 0. The summed E-state index contributed by atoms with van der Waals surface area (Å²) >= 11 is 2.22. The summed E-state index contributed by atoms with van der Waals surface area (Å²) in [5.41, 5.74) is 1.12. The lowest BCUT2D eigenvalue weighted by Crippen LogP contribution is -1.93. The lowest BCUT2D eigenvalue weighted by atomic mass is 10.1. The van der Waals surface area contributed by atoms with Crippen molar-refractivity contribution in [2.24, 2.45) is 0 Å². The van der Waals surface area contributed by atoms with Gasteiger partial charge in [-0.1, -0.05) is 50.1 Å². The summed E-state index contributed by atoms with van der Waals surface area (Å²) < 4.78 is 1.03. The van der Waals surface area contributed by atoms with Crippen LogP contribution in [-0.2, 0) is 4.79 Å². The maximum Gasteiger partial charge on any atom is 0.156 e. The van der Waals surface area contributed by atoms with E-state index in [9.17, 15) is 4.79 Å². The first kappa shape index (κ1) is 13.4. The molecule has 0 aliphatic heterocycles. The monoisotopic (exact) mass is 328 g/mol. The molecule has 0 heterocycles. The third-order valence-electron chi connectivity index (χ3n) is 2.36. The van der Waals surface area contributed by atoms with E-state index in [1.807, 2.05) is 30.3 Å². The lowest BCUT2D eigenvalue weighted by Gasteiger charge is -1.99. The van der Waals surface area contributed by atoms with E-state index in [4.69, 9.17) is 0 Å². The molecule has 1 aromatic carbocycles. The second-order valence-electron chi connectivity index (χ2n) is 3.78. The molecule has 0 N–H and O–H groups in total. The van der Waals surface area contributed by atoms with Crippen molar-refractivity contribution in [3.05, 3.63) is 42.0 Å². The van der Waals surface area contributed by atoms with Gasteiger partial charge >= 0.3 is 0 Å². The van der Waals surface area contributed by atoms with Crippen LogP contribution in [0.4, 0.5) is 0 Å². The van der Waals surface area contributed by atoms with E-state index in [1.165, 1.54) is 0 Å². The number of unbranched alkanes of at least 4 members (excludes halogenated alkanes) is 2. The Morgan fingerprint density at radius 2 is 1.94 bits per heavy atom. The van der Waals surface area contributed by atoms with Crippen molar-refractivity contribution in [3.8, 4) is 0 Å². The van der Waals surface area contributed by atoms with Crippen molar-refractivity contribution in [2.45, 2.75) is 32.6 Å². The van der Waals surface area contributed by atoms with Gasteiger partial charge in [-0.05, 0) is 40.7 Å². The Morgan fingerprint density at radius 1 is 1.25 bits per heavy atom. The molecule has 0 bridgehead atoms. The molecule has 0 radical (unpaired) electrons. The highest BCUT2D eigenvalue weighted by Crippen LogP contribution is 2.21. The fourth-order valence-corrected chi connectivity index (χ4v) is 2.15. The first-order valence-electron chi connectivity index (χ1n) is 5.69. The number of rotatable bonds is 6. The van der Waals surface area contributed by atoms with Crippen LogP contribution in [0.3, 0.4) is 0 Å². The number of benzene rings is 1. The Labute approximate surface area is 111 Å². The van der Waals surface area contributed by atoms with Gasteiger partial charge in [0.05, 0.1) is 0 Å². The van der Waals surface area contributed by atoms with Gasteiger partial charge in [0, 0.05) is 10.0 Å². The quantitative estimate of drug-likeness (QED) is 0.423. The summed E-state index contributed by atoms with van der Waals surface area (Å²) in [6.07, 6.45) is 5.73. The predicted molar refractivity (Wildman–Crippen MR) is 77.6 cm³/mol. The molecule has 0 aliphatic carbocycles. The number of carbonyl (C=O) groups is 1. The number of allylic oxidation sites excluding steroid dienone is 1. The zero-order chi connectivity index (χ0) is 11.8. The van der Waals surface area contributed by atoms with Crippen LogP contribution < -0.4 is 0 Å². The normalized spacial score (nSPS) is 11.5. The van der Waals surface area contributed by atoms with Crippen molar-refractivity contribution in [1.82, 2.24) is 0 Å². The van der Waals surface area contributed by atoms with Gasteiger partial charge in [0.2, 0.25) is 0 Å². The maximum atomic E-state index is 11.6. The topological polar surface area (TPSA) is 17.1 Å². The first-order chi connectivity index (χ1) is 7.74. The summed E-state index contributed by atoms with van der Waals surface area (Å²) in [5.74, 6) is 0.238. The molecule has 0 unspecified atom stereocenters. The summed E-state index contributed by atoms with van der Waals surface area (Å²) in [6, 6.07) is 10.0. The highest BCUT2D eigenvalue weighted by atomic mass is 127. The van der Waals surface area contributed by atoms with E-state index in [1.54, 1.807) is 6.08 Å². The Bertz CT molecular complexity index is 354. The van der Waals surface area contributed by atoms with Gasteiger partial charge in [0.15, 0.2) is 5.78 Å². The molecular formula is C14H17IO. The van der Waals surface area contributed by atoms with Crippen molar-refractivity contribution in [1.29, 1.82) is 0 Å². The molecule has 16 heavy (non-hydrogen) atoms. The van der Waals surface area contributed by atoms with Crippen molar-refractivity contribution in [2.75, 3.05) is 0 Å². The Hall–Kier alpha value is -0.640. The SMILES string of the molecule is CCCCCC(=O)/C=C(\I)c1ccccc1. The summed E-state index contributed by atoms with van der Waals surface area (Å²) in [6.45, 7) is 2.15. The van der Waals surface area contributed by atoms with Crippen molar-refractivity contribution in [3.63, 3.8) is 0 Å². The molecule has 0 spiro atoms. The van der Waals surface area contributed by atoms with Gasteiger partial charge in [-0.15, -0.1) is 0 Å². The molecule has 1 aromatic rings. The van der Waals surface area contributed by atoms with Gasteiger partial charge in [0.25, 0.3) is 0 Å². The van der Waals surface area contributed by atoms with Crippen LogP contribution in [0.25, 0.3) is 3.58 Å². The van der Waals surface area contributed by atoms with E-state index in [-0.39, 0.29) is 5.78 Å². The number of ketones is 1. The van der Waals surface area contributed by atoms with Crippen LogP contribution in [-0.4, -0.2) is 5.78 Å². The molecule has 86 valence electrons. The van der Waals surface area contributed by atoms with E-state index in [0.717, 1.165) is 28.4 Å². The molecule has 1 nitrogen and oxygen atoms in total. The van der Waals surface area contributed by atoms with Crippen LogP contribution in [0.5, 0.6) is 0 Å². The molecule has 0 aromatic heterocycles. The molecule has 0 saturated heterocycles. The van der Waals surface area contributed by atoms with Gasteiger partial charge in [-0.3, -0.25) is 4.79 Å². The second-order valence-corrected chi connectivity index (χ2v) is 4.94. The second kappa shape index (κ2) is 7.60. The minimum absolute atomic E-state index is 0.238. The first-order valence-corrected chi connectivity index (χ1v) is 6.77. The number of hydrogen-bond donors (Lipinski definition) is 0. The van der Waals surface area contributed by atoms with Gasteiger partial charge < -0.3 is 0 Å². The Morgan fingerprint density at radius 3 is 2.56 bits per heavy atom. The molecule has 0 saturated carbocycles. The van der Waals surface area contributed by atoms with Gasteiger partial charge in [-0.25, -0.2) is 0 Å². The average Bonchev–Trinajstić information content (AvgIpc) is 2.30. The van der Waals surface area contributed by atoms with E-state index < -0.39 is 0 Å². The van der Waals surface area contributed by atoms with E-state index in [2.05, 4.69) is 29.5 Å². The fourth-order valence-electron chi connectivity index (χ4n) is 1.44. The summed E-state index contributed by atoms with van der Waals surface area (Å²) in [4.78, 5) is 11.6. The predicted octanol–water partition coefficient (Wildman–Crippen LogP) is 4.61. The third kappa shape index (κ3) is 4.92. The molecule has 0 atom stereocenters. The number of carbonyl (C=O) groups excluding carboxylic acids is 1. The highest BCUT2D eigenvalue weighted by Gasteiger charge is 2.01. The van der Waals surface area contributed by atoms with E-state index in [0.29, 0.717) is 6.42 Å². The zero-order valence-electron chi connectivity index (χ0n) is 9.58. The van der Waals surface area contributed by atoms with Crippen LogP contribution in [0.1, 0.15) is 38.2 Å². The van der Waals surface area contributed by atoms with Crippen molar-refractivity contribution >= 4 is 32.0 Å². The Kier molecular flexibility index (Phi) is 6.38. The van der Waals surface area contributed by atoms with Crippen molar-refractivity contribution < 1.29 is 4.79 Å².